The molecule has 0 saturated carbocycles. The molecule has 1 aromatic rings. The second-order valence-corrected chi connectivity index (χ2v) is 8.52. The highest BCUT2D eigenvalue weighted by Gasteiger charge is 2.23. The van der Waals surface area contributed by atoms with Gasteiger partial charge in [-0.25, -0.2) is 12.8 Å². The van der Waals surface area contributed by atoms with Crippen LogP contribution in [-0.4, -0.2) is 49.4 Å². The molecular weight excluding hydrogens is 331 g/mol. The lowest BCUT2D eigenvalue weighted by atomic mass is 9.99. The molecule has 0 radical (unpaired) electrons. The van der Waals surface area contributed by atoms with Gasteiger partial charge in [-0.1, -0.05) is 19.1 Å². The van der Waals surface area contributed by atoms with Gasteiger partial charge in [-0.15, -0.1) is 0 Å². The molecule has 1 aliphatic heterocycles. The van der Waals surface area contributed by atoms with Gasteiger partial charge in [-0.2, -0.15) is 4.31 Å². The molecule has 1 amide bonds. The minimum Gasteiger partial charge on any atom is -0.343 e. The first-order valence-corrected chi connectivity index (χ1v) is 10.1. The zero-order chi connectivity index (χ0) is 17.7. The number of sulfonamides is 1. The van der Waals surface area contributed by atoms with Gasteiger partial charge in [0.05, 0.1) is 6.26 Å². The number of likely N-dealkylation sites (tertiary alicyclic amines) is 1. The maximum absolute atomic E-state index is 13.0. The molecule has 0 aliphatic carbocycles. The van der Waals surface area contributed by atoms with E-state index in [1.54, 1.807) is 12.1 Å². The van der Waals surface area contributed by atoms with Crippen molar-refractivity contribution in [2.24, 2.45) is 5.92 Å². The summed E-state index contributed by atoms with van der Waals surface area (Å²) >= 11 is 0. The van der Waals surface area contributed by atoms with E-state index in [2.05, 4.69) is 6.92 Å². The molecule has 1 aromatic carbocycles. The smallest absolute Gasteiger partial charge is 0.223 e. The number of carbonyl (C=O) groups excluding carboxylic acids is 1. The summed E-state index contributed by atoms with van der Waals surface area (Å²) in [5, 5.41) is 0. The van der Waals surface area contributed by atoms with Crippen LogP contribution in [0.2, 0.25) is 0 Å². The largest absolute Gasteiger partial charge is 0.343 e. The van der Waals surface area contributed by atoms with E-state index in [4.69, 9.17) is 0 Å². The van der Waals surface area contributed by atoms with E-state index in [0.717, 1.165) is 32.2 Å². The zero-order valence-corrected chi connectivity index (χ0v) is 15.1. The molecule has 2 rings (SSSR count). The van der Waals surface area contributed by atoms with Gasteiger partial charge in [0.25, 0.3) is 0 Å². The van der Waals surface area contributed by atoms with Crippen molar-refractivity contribution in [1.29, 1.82) is 0 Å². The van der Waals surface area contributed by atoms with Crippen LogP contribution < -0.4 is 0 Å². The SMILES string of the molecule is CC1CCN(C(=O)CCN(Cc2ccc(F)cc2)S(C)(=O)=O)CC1. The highest BCUT2D eigenvalue weighted by atomic mass is 32.2. The van der Waals surface area contributed by atoms with Crippen molar-refractivity contribution >= 4 is 15.9 Å². The van der Waals surface area contributed by atoms with E-state index in [0.29, 0.717) is 11.5 Å². The summed E-state index contributed by atoms with van der Waals surface area (Å²) in [6.07, 6.45) is 3.29. The second-order valence-electron chi connectivity index (χ2n) is 6.54. The lowest BCUT2D eigenvalue weighted by Crippen LogP contribution is -2.40. The van der Waals surface area contributed by atoms with Crippen LogP contribution in [0.15, 0.2) is 24.3 Å². The molecule has 7 heteroatoms. The Kier molecular flexibility index (Phi) is 6.34. The molecule has 0 unspecified atom stereocenters. The molecule has 0 atom stereocenters. The number of carbonyl (C=O) groups is 1. The summed E-state index contributed by atoms with van der Waals surface area (Å²) < 4.78 is 38.2. The van der Waals surface area contributed by atoms with Crippen LogP contribution in [0.5, 0.6) is 0 Å². The van der Waals surface area contributed by atoms with Gasteiger partial charge in [0.2, 0.25) is 15.9 Å². The lowest BCUT2D eigenvalue weighted by Gasteiger charge is -2.31. The zero-order valence-electron chi connectivity index (χ0n) is 14.2. The maximum atomic E-state index is 13.0. The van der Waals surface area contributed by atoms with Gasteiger partial charge < -0.3 is 4.90 Å². The predicted octanol–water partition coefficient (Wildman–Crippen LogP) is 2.24. The predicted molar refractivity (Wildman–Crippen MR) is 91.2 cm³/mol. The molecule has 0 aromatic heterocycles. The van der Waals surface area contributed by atoms with Gasteiger partial charge in [0.15, 0.2) is 0 Å². The molecule has 1 saturated heterocycles. The molecule has 0 N–H and O–H groups in total. The van der Waals surface area contributed by atoms with Crippen molar-refractivity contribution in [2.45, 2.75) is 32.7 Å². The Hall–Kier alpha value is -1.47. The number of halogens is 1. The van der Waals surface area contributed by atoms with Crippen molar-refractivity contribution < 1.29 is 17.6 Å². The number of hydrogen-bond donors (Lipinski definition) is 0. The fourth-order valence-corrected chi connectivity index (χ4v) is 3.60. The monoisotopic (exact) mass is 356 g/mol. The van der Waals surface area contributed by atoms with Crippen LogP contribution in [-0.2, 0) is 21.4 Å². The topological polar surface area (TPSA) is 57.7 Å². The van der Waals surface area contributed by atoms with E-state index in [1.807, 2.05) is 4.90 Å². The first-order chi connectivity index (χ1) is 11.3. The Morgan fingerprint density at radius 3 is 2.38 bits per heavy atom. The van der Waals surface area contributed by atoms with E-state index in [-0.39, 0.29) is 31.2 Å². The van der Waals surface area contributed by atoms with Gasteiger partial charge in [0, 0.05) is 32.6 Å². The van der Waals surface area contributed by atoms with Crippen molar-refractivity contribution in [3.05, 3.63) is 35.6 Å². The molecule has 1 heterocycles. The summed E-state index contributed by atoms with van der Waals surface area (Å²) in [6.45, 7) is 3.95. The second kappa shape index (κ2) is 8.07. The minimum atomic E-state index is -3.44. The molecule has 24 heavy (non-hydrogen) atoms. The number of hydrogen-bond acceptors (Lipinski definition) is 3. The van der Waals surface area contributed by atoms with E-state index in [1.165, 1.54) is 16.4 Å². The van der Waals surface area contributed by atoms with Gasteiger partial charge >= 0.3 is 0 Å². The van der Waals surface area contributed by atoms with Crippen molar-refractivity contribution in [2.75, 3.05) is 25.9 Å². The van der Waals surface area contributed by atoms with Crippen LogP contribution in [0.25, 0.3) is 0 Å². The number of piperidine rings is 1. The van der Waals surface area contributed by atoms with Crippen LogP contribution in [0.4, 0.5) is 4.39 Å². The Morgan fingerprint density at radius 1 is 1.25 bits per heavy atom. The van der Waals surface area contributed by atoms with Crippen molar-refractivity contribution in [3.8, 4) is 0 Å². The van der Waals surface area contributed by atoms with E-state index < -0.39 is 10.0 Å². The van der Waals surface area contributed by atoms with Crippen LogP contribution in [0.3, 0.4) is 0 Å². The Balaban J connectivity index is 1.94. The van der Waals surface area contributed by atoms with Crippen LogP contribution in [0, 0.1) is 11.7 Å². The third-order valence-corrected chi connectivity index (χ3v) is 5.70. The molecule has 1 fully saturated rings. The third-order valence-electron chi connectivity index (χ3n) is 4.45. The van der Waals surface area contributed by atoms with E-state index in [9.17, 15) is 17.6 Å². The summed E-state index contributed by atoms with van der Waals surface area (Å²) in [6, 6.07) is 5.72. The number of rotatable bonds is 6. The molecule has 0 spiro atoms. The Labute approximate surface area is 143 Å². The fourth-order valence-electron chi connectivity index (χ4n) is 2.79. The van der Waals surface area contributed by atoms with Gasteiger partial charge in [-0.3, -0.25) is 4.79 Å². The summed E-state index contributed by atoms with van der Waals surface area (Å²) in [5.74, 6) is 0.272. The van der Waals surface area contributed by atoms with Crippen molar-refractivity contribution in [3.63, 3.8) is 0 Å². The number of amides is 1. The maximum Gasteiger partial charge on any atom is 0.223 e. The third kappa shape index (κ3) is 5.56. The normalized spacial score (nSPS) is 16.6. The first kappa shape index (κ1) is 18.9. The average Bonchev–Trinajstić information content (AvgIpc) is 2.52. The Morgan fingerprint density at radius 2 is 1.83 bits per heavy atom. The first-order valence-electron chi connectivity index (χ1n) is 8.23. The van der Waals surface area contributed by atoms with Crippen LogP contribution >= 0.6 is 0 Å². The molecule has 134 valence electrons. The number of benzene rings is 1. The standard InChI is InChI=1S/C17H25FN2O3S/c1-14-7-10-19(11-8-14)17(21)9-12-20(24(2,22)23)13-15-3-5-16(18)6-4-15/h3-6,14H,7-13H2,1-2H3. The molecular formula is C17H25FN2O3S. The quantitative estimate of drug-likeness (QED) is 0.785. The number of nitrogens with zero attached hydrogens (tertiary/aromatic N) is 2. The highest BCUT2D eigenvalue weighted by molar-refractivity contribution is 7.88. The summed E-state index contributed by atoms with van der Waals surface area (Å²) in [4.78, 5) is 14.1. The Bertz CT molecular complexity index is 653. The average molecular weight is 356 g/mol. The molecule has 0 bridgehead atoms. The van der Waals surface area contributed by atoms with Crippen LogP contribution in [0.1, 0.15) is 31.7 Å². The summed E-state index contributed by atoms with van der Waals surface area (Å²) in [5.41, 5.74) is 0.695. The molecule has 5 nitrogen and oxygen atoms in total. The van der Waals surface area contributed by atoms with Gasteiger partial charge in [0.1, 0.15) is 5.82 Å². The van der Waals surface area contributed by atoms with Gasteiger partial charge in [-0.05, 0) is 36.5 Å². The lowest BCUT2D eigenvalue weighted by molar-refractivity contribution is -0.132. The van der Waals surface area contributed by atoms with Crippen molar-refractivity contribution in [1.82, 2.24) is 9.21 Å². The van der Waals surface area contributed by atoms with E-state index >= 15 is 0 Å². The highest BCUT2D eigenvalue weighted by Crippen LogP contribution is 2.17. The fraction of sp³-hybridized carbons (Fsp3) is 0.588. The minimum absolute atomic E-state index is 0.00495. The molecule has 1 aliphatic rings. The summed E-state index contributed by atoms with van der Waals surface area (Å²) in [7, 11) is -3.44.